The molecule has 0 radical (unpaired) electrons. The van der Waals surface area contributed by atoms with Crippen molar-refractivity contribution in [2.75, 3.05) is 6.61 Å². The molecule has 2 aromatic carbocycles. The third-order valence-electron chi connectivity index (χ3n) is 3.16. The fraction of sp³-hybridized carbons (Fsp3) is 0.235. The first-order valence-electron chi connectivity index (χ1n) is 6.70. The van der Waals surface area contributed by atoms with E-state index in [0.717, 1.165) is 23.3 Å². The highest BCUT2D eigenvalue weighted by Crippen LogP contribution is 2.34. The van der Waals surface area contributed by atoms with Gasteiger partial charge >= 0.3 is 6.18 Å². The average Bonchev–Trinajstić information content (AvgIpc) is 2.46. The van der Waals surface area contributed by atoms with Crippen molar-refractivity contribution < 1.29 is 17.9 Å². The van der Waals surface area contributed by atoms with E-state index in [9.17, 15) is 13.2 Å². The number of rotatable bonds is 4. The number of ether oxygens (including phenoxy) is 1. The molecule has 0 fully saturated rings. The van der Waals surface area contributed by atoms with Crippen LogP contribution >= 0.6 is 0 Å². The fourth-order valence-electron chi connectivity index (χ4n) is 2.10. The summed E-state index contributed by atoms with van der Waals surface area (Å²) in [5, 5.41) is 8.73. The lowest BCUT2D eigenvalue weighted by molar-refractivity contribution is -0.137. The molecular weight excluding hydrogens is 291 g/mol. The van der Waals surface area contributed by atoms with Crippen molar-refractivity contribution in [3.8, 4) is 11.8 Å². The molecule has 0 heterocycles. The van der Waals surface area contributed by atoms with Gasteiger partial charge in [0.25, 0.3) is 0 Å². The summed E-state index contributed by atoms with van der Waals surface area (Å²) in [5.74, 6) is 0.110. The Kier molecular flexibility index (Phi) is 4.71. The summed E-state index contributed by atoms with van der Waals surface area (Å²) in [6.45, 7) is 2.24. The lowest BCUT2D eigenvalue weighted by atomic mass is 10.1. The summed E-state index contributed by atoms with van der Waals surface area (Å²) in [6, 6.07) is 12.8. The lowest BCUT2D eigenvalue weighted by Gasteiger charge is -2.12. The van der Waals surface area contributed by atoms with Crippen LogP contribution in [-0.4, -0.2) is 6.61 Å². The maximum absolute atomic E-state index is 12.8. The molecule has 114 valence electrons. The molecule has 22 heavy (non-hydrogen) atoms. The van der Waals surface area contributed by atoms with E-state index in [-0.39, 0.29) is 12.4 Å². The zero-order chi connectivity index (χ0) is 16.2. The summed E-state index contributed by atoms with van der Waals surface area (Å²) in [4.78, 5) is 0. The van der Waals surface area contributed by atoms with Crippen molar-refractivity contribution in [2.45, 2.75) is 19.5 Å². The highest BCUT2D eigenvalue weighted by atomic mass is 19.4. The molecule has 0 aliphatic carbocycles. The maximum atomic E-state index is 12.8. The van der Waals surface area contributed by atoms with Gasteiger partial charge < -0.3 is 4.74 Å². The van der Waals surface area contributed by atoms with Crippen LogP contribution < -0.4 is 4.74 Å². The first-order chi connectivity index (χ1) is 10.4. The molecule has 0 aliphatic heterocycles. The molecule has 2 nitrogen and oxygen atoms in total. The molecule has 2 aromatic rings. The van der Waals surface area contributed by atoms with Gasteiger partial charge in [-0.2, -0.15) is 18.4 Å². The molecule has 0 bridgehead atoms. The van der Waals surface area contributed by atoms with E-state index in [4.69, 9.17) is 10.00 Å². The van der Waals surface area contributed by atoms with Gasteiger partial charge in [0.1, 0.15) is 5.75 Å². The van der Waals surface area contributed by atoms with Crippen LogP contribution in [0.5, 0.6) is 5.75 Å². The number of nitrogens with zero attached hydrogens (tertiary/aromatic N) is 1. The van der Waals surface area contributed by atoms with Crippen LogP contribution in [0.2, 0.25) is 0 Å². The van der Waals surface area contributed by atoms with Gasteiger partial charge in [0.15, 0.2) is 0 Å². The summed E-state index contributed by atoms with van der Waals surface area (Å²) in [7, 11) is 0. The minimum Gasteiger partial charge on any atom is -0.493 e. The monoisotopic (exact) mass is 305 g/mol. The van der Waals surface area contributed by atoms with E-state index in [0.29, 0.717) is 6.42 Å². The van der Waals surface area contributed by atoms with Crippen LogP contribution in [0.3, 0.4) is 0 Å². The minimum atomic E-state index is -4.57. The molecule has 2 rings (SSSR count). The molecule has 0 atom stereocenters. The zero-order valence-electron chi connectivity index (χ0n) is 11.9. The molecule has 0 amide bonds. The smallest absolute Gasteiger partial charge is 0.417 e. The van der Waals surface area contributed by atoms with Crippen LogP contribution in [0, 0.1) is 18.3 Å². The number of hydrogen-bond donors (Lipinski definition) is 0. The number of nitriles is 1. The number of halogens is 3. The van der Waals surface area contributed by atoms with E-state index in [2.05, 4.69) is 0 Å². The summed E-state index contributed by atoms with van der Waals surface area (Å²) in [5.41, 5.74) is 0.807. The van der Waals surface area contributed by atoms with E-state index in [1.54, 1.807) is 6.07 Å². The van der Waals surface area contributed by atoms with E-state index in [1.165, 1.54) is 6.07 Å². The zero-order valence-corrected chi connectivity index (χ0v) is 11.9. The van der Waals surface area contributed by atoms with E-state index >= 15 is 0 Å². The highest BCUT2D eigenvalue weighted by Gasteiger charge is 2.34. The second-order valence-corrected chi connectivity index (χ2v) is 4.90. The number of hydrogen-bond acceptors (Lipinski definition) is 2. The van der Waals surface area contributed by atoms with Gasteiger partial charge in [0.05, 0.1) is 23.8 Å². The van der Waals surface area contributed by atoms with Crippen LogP contribution in [0.25, 0.3) is 0 Å². The Morgan fingerprint density at radius 1 is 1.14 bits per heavy atom. The normalized spacial score (nSPS) is 11.0. The third kappa shape index (κ3) is 4.01. The van der Waals surface area contributed by atoms with Crippen molar-refractivity contribution in [3.05, 3.63) is 64.7 Å². The van der Waals surface area contributed by atoms with Crippen LogP contribution in [0.1, 0.15) is 22.3 Å². The van der Waals surface area contributed by atoms with E-state index < -0.39 is 17.3 Å². The van der Waals surface area contributed by atoms with Gasteiger partial charge in [-0.1, -0.05) is 29.8 Å². The van der Waals surface area contributed by atoms with Crippen LogP contribution in [0.15, 0.2) is 42.5 Å². The van der Waals surface area contributed by atoms with Gasteiger partial charge in [0, 0.05) is 6.42 Å². The largest absolute Gasteiger partial charge is 0.493 e. The van der Waals surface area contributed by atoms with Gasteiger partial charge in [-0.3, -0.25) is 0 Å². The number of benzene rings is 2. The molecule has 0 saturated heterocycles. The molecule has 0 saturated carbocycles. The van der Waals surface area contributed by atoms with Gasteiger partial charge in [0.2, 0.25) is 0 Å². The molecule has 5 heteroatoms. The topological polar surface area (TPSA) is 33.0 Å². The Morgan fingerprint density at radius 3 is 2.55 bits per heavy atom. The lowest BCUT2D eigenvalue weighted by Crippen LogP contribution is -2.09. The molecule has 0 N–H and O–H groups in total. The van der Waals surface area contributed by atoms with Crippen molar-refractivity contribution >= 4 is 0 Å². The minimum absolute atomic E-state index is 0.110. The van der Waals surface area contributed by atoms with Crippen molar-refractivity contribution in [1.29, 1.82) is 5.26 Å². The van der Waals surface area contributed by atoms with Gasteiger partial charge in [-0.15, -0.1) is 0 Å². The predicted molar refractivity (Wildman–Crippen MR) is 76.5 cm³/mol. The van der Waals surface area contributed by atoms with Gasteiger partial charge in [-0.25, -0.2) is 0 Å². The Labute approximate surface area is 126 Å². The van der Waals surface area contributed by atoms with Crippen molar-refractivity contribution in [3.63, 3.8) is 0 Å². The fourth-order valence-corrected chi connectivity index (χ4v) is 2.10. The number of alkyl halides is 3. The molecule has 0 unspecified atom stereocenters. The summed E-state index contributed by atoms with van der Waals surface area (Å²) in [6.07, 6.45) is -3.97. The highest BCUT2D eigenvalue weighted by molar-refractivity contribution is 5.44. The Morgan fingerprint density at radius 2 is 1.91 bits per heavy atom. The third-order valence-corrected chi connectivity index (χ3v) is 3.16. The van der Waals surface area contributed by atoms with Crippen LogP contribution in [-0.2, 0) is 12.6 Å². The first kappa shape index (κ1) is 15.9. The standard InChI is InChI=1S/C17H14F3NO/c1-12-3-2-4-13(9-12)7-8-22-15-6-5-14(11-21)16(10-15)17(18,19)20/h2-6,9-10H,7-8H2,1H3. The molecule has 0 aromatic heterocycles. The molecule has 0 spiro atoms. The van der Waals surface area contributed by atoms with Crippen molar-refractivity contribution in [1.82, 2.24) is 0 Å². The molecule has 0 aliphatic rings. The molecular formula is C17H14F3NO. The Hall–Kier alpha value is -2.48. The summed E-state index contributed by atoms with van der Waals surface area (Å²) < 4.78 is 43.9. The van der Waals surface area contributed by atoms with Gasteiger partial charge in [-0.05, 0) is 30.7 Å². The average molecular weight is 305 g/mol. The van der Waals surface area contributed by atoms with Crippen molar-refractivity contribution in [2.24, 2.45) is 0 Å². The summed E-state index contributed by atoms with van der Waals surface area (Å²) >= 11 is 0. The Bertz CT molecular complexity index is 702. The second kappa shape index (κ2) is 6.52. The Balaban J connectivity index is 2.06. The number of aryl methyl sites for hydroxylation is 1. The SMILES string of the molecule is Cc1cccc(CCOc2ccc(C#N)c(C(F)(F)F)c2)c1. The van der Waals surface area contributed by atoms with Crippen LogP contribution in [0.4, 0.5) is 13.2 Å². The maximum Gasteiger partial charge on any atom is 0.417 e. The predicted octanol–water partition coefficient (Wildman–Crippen LogP) is 4.51. The van der Waals surface area contributed by atoms with E-state index in [1.807, 2.05) is 31.2 Å². The quantitative estimate of drug-likeness (QED) is 0.832. The second-order valence-electron chi connectivity index (χ2n) is 4.90. The first-order valence-corrected chi connectivity index (χ1v) is 6.70.